The lowest BCUT2D eigenvalue weighted by Gasteiger charge is -2.09. The third kappa shape index (κ3) is 3.92. The largest absolute Gasteiger partial charge is 0.462 e. The summed E-state index contributed by atoms with van der Waals surface area (Å²) < 4.78 is 31.6. The Hall–Kier alpha value is -2.16. The van der Waals surface area contributed by atoms with Crippen molar-refractivity contribution < 1.29 is 27.1 Å². The Labute approximate surface area is 115 Å². The molecule has 0 saturated carbocycles. The average molecular weight is 303 g/mol. The summed E-state index contributed by atoms with van der Waals surface area (Å²) in [7, 11) is -3.92. The molecule has 1 aromatic carbocycles. The molecule has 0 heterocycles. The summed E-state index contributed by atoms with van der Waals surface area (Å²) in [5.74, 6) is -1.14. The van der Waals surface area contributed by atoms with Gasteiger partial charge in [-0.2, -0.15) is 8.42 Å². The molecule has 1 aromatic rings. The van der Waals surface area contributed by atoms with E-state index in [9.17, 15) is 23.3 Å². The number of carbonyl (C=O) groups is 1. The van der Waals surface area contributed by atoms with Gasteiger partial charge in [-0.05, 0) is 19.9 Å². The van der Waals surface area contributed by atoms with Gasteiger partial charge in [-0.25, -0.2) is 4.79 Å². The Morgan fingerprint density at radius 3 is 2.45 bits per heavy atom. The minimum Gasteiger partial charge on any atom is -0.462 e. The molecule has 20 heavy (non-hydrogen) atoms. The second-order valence-electron chi connectivity index (χ2n) is 3.91. The lowest BCUT2D eigenvalue weighted by molar-refractivity contribution is -0.385. The molecule has 0 atom stereocenters. The molecule has 8 nitrogen and oxygen atoms in total. The summed E-state index contributed by atoms with van der Waals surface area (Å²) in [6, 6.07) is 2.19. The Kier molecular flexibility index (Phi) is 4.66. The summed E-state index contributed by atoms with van der Waals surface area (Å²) >= 11 is 0. The standard InChI is InChI=1S/C11H13NO7S/c1-4-18-11(13)8-5-7(2)10(19-20(3,16)17)9(6-8)12(14)15/h5-6H,4H2,1-3H3. The summed E-state index contributed by atoms with van der Waals surface area (Å²) in [5, 5.41) is 11.0. The number of rotatable bonds is 5. The van der Waals surface area contributed by atoms with Gasteiger partial charge in [0.2, 0.25) is 5.75 Å². The van der Waals surface area contributed by atoms with E-state index in [1.54, 1.807) is 6.92 Å². The van der Waals surface area contributed by atoms with Crippen molar-refractivity contribution in [2.75, 3.05) is 12.9 Å². The second kappa shape index (κ2) is 5.87. The summed E-state index contributed by atoms with van der Waals surface area (Å²) in [4.78, 5) is 21.7. The Morgan fingerprint density at radius 2 is 2.00 bits per heavy atom. The van der Waals surface area contributed by atoms with Crippen LogP contribution in [0.3, 0.4) is 0 Å². The van der Waals surface area contributed by atoms with E-state index in [0.717, 1.165) is 12.3 Å². The molecule has 0 radical (unpaired) electrons. The molecule has 0 bridgehead atoms. The SMILES string of the molecule is CCOC(=O)c1cc(C)c(OS(C)(=O)=O)c([N+](=O)[O-])c1. The van der Waals surface area contributed by atoms with Gasteiger partial charge in [0, 0.05) is 11.6 Å². The van der Waals surface area contributed by atoms with Crippen LogP contribution in [-0.4, -0.2) is 32.2 Å². The first kappa shape index (κ1) is 15.9. The van der Waals surface area contributed by atoms with Gasteiger partial charge in [-0.15, -0.1) is 0 Å². The molecule has 0 saturated heterocycles. The third-order valence-corrected chi connectivity index (χ3v) is 2.67. The number of hydrogen-bond donors (Lipinski definition) is 0. The molecule has 0 N–H and O–H groups in total. The van der Waals surface area contributed by atoms with Gasteiger partial charge in [0.05, 0.1) is 23.3 Å². The van der Waals surface area contributed by atoms with E-state index >= 15 is 0 Å². The normalized spacial score (nSPS) is 10.9. The molecule has 0 aromatic heterocycles. The minimum absolute atomic E-state index is 0.0445. The van der Waals surface area contributed by atoms with Gasteiger partial charge in [0.25, 0.3) is 0 Å². The Bertz CT molecular complexity index is 651. The third-order valence-electron chi connectivity index (χ3n) is 2.20. The zero-order valence-electron chi connectivity index (χ0n) is 11.1. The smallest absolute Gasteiger partial charge is 0.338 e. The van der Waals surface area contributed by atoms with Crippen molar-refractivity contribution >= 4 is 21.8 Å². The monoisotopic (exact) mass is 303 g/mol. The van der Waals surface area contributed by atoms with E-state index in [2.05, 4.69) is 4.18 Å². The number of nitrogens with zero attached hydrogens (tertiary/aromatic N) is 1. The highest BCUT2D eigenvalue weighted by Gasteiger charge is 2.25. The summed E-state index contributed by atoms with van der Waals surface area (Å²) in [6.07, 6.45) is 0.773. The molecular formula is C11H13NO7S. The molecular weight excluding hydrogens is 290 g/mol. The number of esters is 1. The molecule has 0 aliphatic rings. The van der Waals surface area contributed by atoms with Crippen LogP contribution in [0.25, 0.3) is 0 Å². The molecule has 1 rings (SSSR count). The van der Waals surface area contributed by atoms with E-state index in [0.29, 0.717) is 0 Å². The van der Waals surface area contributed by atoms with Gasteiger partial charge in [0.15, 0.2) is 0 Å². The summed E-state index contributed by atoms with van der Waals surface area (Å²) in [6.45, 7) is 3.11. The van der Waals surface area contributed by atoms with E-state index in [1.807, 2.05) is 0 Å². The first-order valence-corrected chi connectivity index (χ1v) is 7.33. The number of benzene rings is 1. The van der Waals surface area contributed by atoms with E-state index < -0.39 is 32.4 Å². The lowest BCUT2D eigenvalue weighted by atomic mass is 10.1. The van der Waals surface area contributed by atoms with Crippen LogP contribution in [0.15, 0.2) is 12.1 Å². The number of hydrogen-bond acceptors (Lipinski definition) is 7. The maximum atomic E-state index is 11.6. The van der Waals surface area contributed by atoms with Crippen molar-refractivity contribution in [1.82, 2.24) is 0 Å². The predicted molar refractivity (Wildman–Crippen MR) is 69.3 cm³/mol. The van der Waals surface area contributed by atoms with Gasteiger partial charge in [0.1, 0.15) is 0 Å². The molecule has 0 unspecified atom stereocenters. The van der Waals surface area contributed by atoms with Gasteiger partial charge in [-0.1, -0.05) is 0 Å². The van der Waals surface area contributed by atoms with Crippen molar-refractivity contribution in [3.8, 4) is 5.75 Å². The maximum absolute atomic E-state index is 11.6. The fraction of sp³-hybridized carbons (Fsp3) is 0.364. The van der Waals surface area contributed by atoms with Crippen molar-refractivity contribution in [2.24, 2.45) is 0 Å². The zero-order chi connectivity index (χ0) is 15.5. The number of aryl methyl sites for hydroxylation is 1. The molecule has 0 aliphatic heterocycles. The molecule has 0 fully saturated rings. The molecule has 9 heteroatoms. The van der Waals surface area contributed by atoms with Crippen LogP contribution >= 0.6 is 0 Å². The van der Waals surface area contributed by atoms with Crippen LogP contribution < -0.4 is 4.18 Å². The summed E-state index contributed by atoms with van der Waals surface area (Å²) in [5.41, 5.74) is -0.511. The van der Waals surface area contributed by atoms with Gasteiger partial charge in [-0.3, -0.25) is 10.1 Å². The minimum atomic E-state index is -3.92. The van der Waals surface area contributed by atoms with Crippen LogP contribution in [0.1, 0.15) is 22.8 Å². The fourth-order valence-electron chi connectivity index (χ4n) is 1.48. The van der Waals surface area contributed by atoms with E-state index in [4.69, 9.17) is 4.74 Å². The van der Waals surface area contributed by atoms with Crippen molar-refractivity contribution in [3.63, 3.8) is 0 Å². The van der Waals surface area contributed by atoms with Crippen LogP contribution in [0.2, 0.25) is 0 Å². The Morgan fingerprint density at radius 1 is 1.40 bits per heavy atom. The fourth-order valence-corrected chi connectivity index (χ4v) is 2.00. The molecule has 110 valence electrons. The topological polar surface area (TPSA) is 113 Å². The van der Waals surface area contributed by atoms with Gasteiger partial charge >= 0.3 is 21.8 Å². The highest BCUT2D eigenvalue weighted by Crippen LogP contribution is 2.33. The highest BCUT2D eigenvalue weighted by molar-refractivity contribution is 7.86. The van der Waals surface area contributed by atoms with Gasteiger partial charge < -0.3 is 8.92 Å². The molecule has 0 aliphatic carbocycles. The van der Waals surface area contributed by atoms with E-state index in [1.165, 1.54) is 13.0 Å². The van der Waals surface area contributed by atoms with Crippen LogP contribution in [-0.2, 0) is 14.9 Å². The lowest BCUT2D eigenvalue weighted by Crippen LogP contribution is -2.11. The highest BCUT2D eigenvalue weighted by atomic mass is 32.2. The number of carbonyl (C=O) groups excluding carboxylic acids is 1. The second-order valence-corrected chi connectivity index (χ2v) is 5.48. The Balaban J connectivity index is 3.40. The maximum Gasteiger partial charge on any atom is 0.338 e. The van der Waals surface area contributed by atoms with Crippen LogP contribution in [0.5, 0.6) is 5.75 Å². The average Bonchev–Trinajstić information content (AvgIpc) is 2.29. The quantitative estimate of drug-likeness (QED) is 0.350. The number of nitro benzene ring substituents is 1. The van der Waals surface area contributed by atoms with Crippen molar-refractivity contribution in [2.45, 2.75) is 13.8 Å². The molecule has 0 amide bonds. The number of nitro groups is 1. The van der Waals surface area contributed by atoms with Crippen molar-refractivity contribution in [3.05, 3.63) is 33.4 Å². The van der Waals surface area contributed by atoms with E-state index in [-0.39, 0.29) is 17.7 Å². The van der Waals surface area contributed by atoms with Crippen LogP contribution in [0, 0.1) is 17.0 Å². The van der Waals surface area contributed by atoms with Crippen LogP contribution in [0.4, 0.5) is 5.69 Å². The zero-order valence-corrected chi connectivity index (χ0v) is 11.9. The predicted octanol–water partition coefficient (Wildman–Crippen LogP) is 1.42. The first-order chi connectivity index (χ1) is 9.15. The van der Waals surface area contributed by atoms with Crippen molar-refractivity contribution in [1.29, 1.82) is 0 Å². The molecule has 0 spiro atoms. The number of ether oxygens (including phenoxy) is 1. The first-order valence-electron chi connectivity index (χ1n) is 5.51.